The minimum absolute atomic E-state index is 0. The van der Waals surface area contributed by atoms with Gasteiger partial charge < -0.3 is 15.7 Å². The Labute approximate surface area is 129 Å². The molecule has 0 aromatic carbocycles. The van der Waals surface area contributed by atoms with Crippen LogP contribution in [0, 0.1) is 19.8 Å². The Kier molecular flexibility index (Phi) is 6.26. The van der Waals surface area contributed by atoms with Crippen LogP contribution >= 0.6 is 24.0 Å². The van der Waals surface area contributed by atoms with Crippen LogP contribution < -0.4 is 10.6 Å². The number of amides is 1. The van der Waals surface area contributed by atoms with E-state index in [0.717, 1.165) is 17.9 Å². The monoisotopic (exact) mass is 322 g/mol. The highest BCUT2D eigenvalue weighted by Crippen LogP contribution is 2.18. The lowest BCUT2D eigenvalue weighted by Gasteiger charge is -2.14. The van der Waals surface area contributed by atoms with Crippen molar-refractivity contribution >= 4 is 29.9 Å². The molecule has 1 aromatic rings. The van der Waals surface area contributed by atoms with Gasteiger partial charge in [-0.2, -0.15) is 5.10 Å². The van der Waals surface area contributed by atoms with Gasteiger partial charge in [0.05, 0.1) is 22.5 Å². The molecule has 2 atom stereocenters. The second kappa shape index (κ2) is 7.26. The number of carbonyl (C=O) groups excluding carboxylic acids is 1. The fourth-order valence-corrected chi connectivity index (χ4v) is 2.33. The van der Waals surface area contributed by atoms with Gasteiger partial charge in [0.1, 0.15) is 6.54 Å². The number of carbonyl (C=O) groups is 1. The molecule has 20 heavy (non-hydrogen) atoms. The molecule has 1 aromatic heterocycles. The third-order valence-electron chi connectivity index (χ3n) is 3.45. The van der Waals surface area contributed by atoms with Crippen molar-refractivity contribution in [3.63, 3.8) is 0 Å². The molecule has 114 valence electrons. The largest absolute Gasteiger partial charge is 0.391 e. The van der Waals surface area contributed by atoms with E-state index in [4.69, 9.17) is 11.6 Å². The van der Waals surface area contributed by atoms with Crippen molar-refractivity contribution in [3.05, 3.63) is 16.4 Å². The van der Waals surface area contributed by atoms with E-state index < -0.39 is 0 Å². The van der Waals surface area contributed by atoms with Gasteiger partial charge in [-0.1, -0.05) is 11.6 Å². The molecule has 2 heterocycles. The molecule has 0 spiro atoms. The topological polar surface area (TPSA) is 79.2 Å². The molecule has 0 aliphatic carbocycles. The van der Waals surface area contributed by atoms with Gasteiger partial charge >= 0.3 is 0 Å². The fourth-order valence-electron chi connectivity index (χ4n) is 2.19. The zero-order valence-electron chi connectivity index (χ0n) is 11.5. The number of nitrogens with zero attached hydrogens (tertiary/aromatic N) is 2. The minimum atomic E-state index is -0.386. The SMILES string of the molecule is Cc1nn(CC(=O)NCC2CNCC2O)c(C)c1Cl.Cl. The molecule has 6 nitrogen and oxygen atoms in total. The van der Waals surface area contributed by atoms with Crippen LogP contribution in [0.15, 0.2) is 0 Å². The van der Waals surface area contributed by atoms with E-state index in [-0.39, 0.29) is 36.9 Å². The van der Waals surface area contributed by atoms with E-state index in [1.165, 1.54) is 0 Å². The lowest BCUT2D eigenvalue weighted by atomic mass is 10.1. The second-order valence-electron chi connectivity index (χ2n) is 4.93. The third kappa shape index (κ3) is 3.85. The molecular formula is C12H20Cl2N4O2. The highest BCUT2D eigenvalue weighted by atomic mass is 35.5. The zero-order valence-corrected chi connectivity index (χ0v) is 13.1. The zero-order chi connectivity index (χ0) is 14.0. The highest BCUT2D eigenvalue weighted by molar-refractivity contribution is 6.31. The van der Waals surface area contributed by atoms with Crippen molar-refractivity contribution in [3.8, 4) is 0 Å². The van der Waals surface area contributed by atoms with Crippen LogP contribution in [0.1, 0.15) is 11.4 Å². The van der Waals surface area contributed by atoms with Gasteiger partial charge in [-0.3, -0.25) is 9.48 Å². The third-order valence-corrected chi connectivity index (χ3v) is 4.00. The molecular weight excluding hydrogens is 303 g/mol. The fraction of sp³-hybridized carbons (Fsp3) is 0.667. The number of halogens is 2. The van der Waals surface area contributed by atoms with Crippen molar-refractivity contribution in [2.24, 2.45) is 5.92 Å². The molecule has 0 bridgehead atoms. The van der Waals surface area contributed by atoms with Gasteiger partial charge in [-0.05, 0) is 13.8 Å². The number of nitrogens with one attached hydrogen (secondary N) is 2. The number of hydrogen-bond acceptors (Lipinski definition) is 4. The summed E-state index contributed by atoms with van der Waals surface area (Å²) < 4.78 is 1.59. The van der Waals surface area contributed by atoms with Crippen molar-refractivity contribution in [1.82, 2.24) is 20.4 Å². The van der Waals surface area contributed by atoms with Crippen LogP contribution in [-0.4, -0.2) is 46.5 Å². The van der Waals surface area contributed by atoms with E-state index in [1.807, 2.05) is 13.8 Å². The molecule has 0 saturated carbocycles. The summed E-state index contributed by atoms with van der Waals surface area (Å²) in [6.07, 6.45) is -0.386. The van der Waals surface area contributed by atoms with Crippen LogP contribution in [0.3, 0.4) is 0 Å². The average molecular weight is 323 g/mol. The Morgan fingerprint density at radius 2 is 2.25 bits per heavy atom. The van der Waals surface area contributed by atoms with Gasteiger partial charge in [0, 0.05) is 25.6 Å². The summed E-state index contributed by atoms with van der Waals surface area (Å²) in [6, 6.07) is 0. The number of β-amino-alcohol motifs (C(OH)–C–C–N with tert-alkyl or cyclic N) is 1. The van der Waals surface area contributed by atoms with Crippen LogP contribution in [0.4, 0.5) is 0 Å². The Morgan fingerprint density at radius 1 is 1.55 bits per heavy atom. The van der Waals surface area contributed by atoms with Crippen LogP contribution in [-0.2, 0) is 11.3 Å². The number of aromatic nitrogens is 2. The molecule has 3 N–H and O–H groups in total. The van der Waals surface area contributed by atoms with Gasteiger partial charge in [0.2, 0.25) is 5.91 Å². The Morgan fingerprint density at radius 3 is 2.75 bits per heavy atom. The first-order valence-corrected chi connectivity index (χ1v) is 6.72. The van der Waals surface area contributed by atoms with E-state index in [2.05, 4.69) is 15.7 Å². The quantitative estimate of drug-likeness (QED) is 0.743. The smallest absolute Gasteiger partial charge is 0.241 e. The van der Waals surface area contributed by atoms with Crippen molar-refractivity contribution in [2.75, 3.05) is 19.6 Å². The predicted octanol–water partition coefficient (Wildman–Crippen LogP) is 0.272. The normalized spacial score (nSPS) is 21.6. The predicted molar refractivity (Wildman–Crippen MR) is 79.3 cm³/mol. The summed E-state index contributed by atoms with van der Waals surface area (Å²) in [5.41, 5.74) is 1.51. The van der Waals surface area contributed by atoms with Gasteiger partial charge in [-0.25, -0.2) is 0 Å². The minimum Gasteiger partial charge on any atom is -0.391 e. The number of rotatable bonds is 4. The summed E-state index contributed by atoms with van der Waals surface area (Å²) in [5.74, 6) is -0.0469. The molecule has 1 aliphatic rings. The van der Waals surface area contributed by atoms with Crippen molar-refractivity contribution < 1.29 is 9.90 Å². The van der Waals surface area contributed by atoms with Crippen LogP contribution in [0.5, 0.6) is 0 Å². The first-order chi connectivity index (χ1) is 8.99. The highest BCUT2D eigenvalue weighted by Gasteiger charge is 2.25. The Bertz CT molecular complexity index is 478. The maximum absolute atomic E-state index is 11.8. The second-order valence-corrected chi connectivity index (χ2v) is 5.31. The first-order valence-electron chi connectivity index (χ1n) is 6.34. The Balaban J connectivity index is 0.00000200. The lowest BCUT2D eigenvalue weighted by molar-refractivity contribution is -0.122. The molecule has 1 saturated heterocycles. The molecule has 2 unspecified atom stereocenters. The number of hydrogen-bond donors (Lipinski definition) is 3. The summed E-state index contributed by atoms with van der Waals surface area (Å²) in [4.78, 5) is 11.8. The summed E-state index contributed by atoms with van der Waals surface area (Å²) >= 11 is 6.03. The van der Waals surface area contributed by atoms with Gasteiger partial charge in [0.15, 0.2) is 0 Å². The number of aryl methyl sites for hydroxylation is 1. The number of aliphatic hydroxyl groups is 1. The maximum Gasteiger partial charge on any atom is 0.241 e. The number of aliphatic hydroxyl groups excluding tert-OH is 1. The average Bonchev–Trinajstić information content (AvgIpc) is 2.87. The standard InChI is InChI=1S/C12H19ClN4O2.ClH/c1-7-12(13)8(2)17(16-7)6-11(19)15-4-9-3-14-5-10(9)18;/h9-10,14,18H,3-6H2,1-2H3,(H,15,19);1H. The Hall–Kier alpha value is -0.820. The molecule has 1 aliphatic heterocycles. The van der Waals surface area contributed by atoms with E-state index in [9.17, 15) is 9.90 Å². The van der Waals surface area contributed by atoms with E-state index in [0.29, 0.717) is 18.1 Å². The van der Waals surface area contributed by atoms with Crippen molar-refractivity contribution in [1.29, 1.82) is 0 Å². The molecule has 2 rings (SSSR count). The van der Waals surface area contributed by atoms with Crippen molar-refractivity contribution in [2.45, 2.75) is 26.5 Å². The van der Waals surface area contributed by atoms with E-state index >= 15 is 0 Å². The maximum atomic E-state index is 11.8. The first kappa shape index (κ1) is 17.2. The van der Waals surface area contributed by atoms with Crippen LogP contribution in [0.2, 0.25) is 5.02 Å². The molecule has 1 fully saturated rings. The lowest BCUT2D eigenvalue weighted by Crippen LogP contribution is -2.36. The summed E-state index contributed by atoms with van der Waals surface area (Å²) in [5, 5.41) is 20.3. The van der Waals surface area contributed by atoms with E-state index in [1.54, 1.807) is 4.68 Å². The van der Waals surface area contributed by atoms with Gasteiger partial charge in [-0.15, -0.1) is 12.4 Å². The van der Waals surface area contributed by atoms with Gasteiger partial charge in [0.25, 0.3) is 0 Å². The molecule has 8 heteroatoms. The summed E-state index contributed by atoms with van der Waals surface area (Å²) in [6.45, 7) is 5.58. The molecule has 0 radical (unpaired) electrons. The summed E-state index contributed by atoms with van der Waals surface area (Å²) in [7, 11) is 0. The van der Waals surface area contributed by atoms with Crippen LogP contribution in [0.25, 0.3) is 0 Å². The molecule has 1 amide bonds.